The molecule has 0 aliphatic carbocycles. The highest BCUT2D eigenvalue weighted by atomic mass is 35.5. The van der Waals surface area contributed by atoms with Crippen molar-refractivity contribution >= 4 is 27.3 Å². The van der Waals surface area contributed by atoms with Gasteiger partial charge < -0.3 is 14.2 Å². The lowest BCUT2D eigenvalue weighted by atomic mass is 10.1. The number of piperazine rings is 1. The number of likely N-dealkylation sites (N-methyl/N-ethyl adjacent to an activating group) is 1. The summed E-state index contributed by atoms with van der Waals surface area (Å²) in [6.07, 6.45) is 0. The van der Waals surface area contributed by atoms with Crippen molar-refractivity contribution in [2.24, 2.45) is 0 Å². The first-order chi connectivity index (χ1) is 14.4. The van der Waals surface area contributed by atoms with E-state index < -0.39 is 9.84 Å². The predicted molar refractivity (Wildman–Crippen MR) is 118 cm³/mol. The monoisotopic (exact) mass is 445 g/mol. The van der Waals surface area contributed by atoms with Crippen molar-refractivity contribution in [2.45, 2.75) is 23.8 Å². The zero-order valence-corrected chi connectivity index (χ0v) is 18.6. The van der Waals surface area contributed by atoms with Gasteiger partial charge in [-0.15, -0.1) is 0 Å². The molecule has 4 rings (SSSR count). The zero-order valence-electron chi connectivity index (χ0n) is 17.0. The van der Waals surface area contributed by atoms with Crippen LogP contribution in [0, 0.1) is 6.92 Å². The number of nitrogens with zero attached hydrogens (tertiary/aromatic N) is 3. The number of halogens is 1. The Bertz CT molecular complexity index is 1130. The topological polar surface area (TPSA) is 66.7 Å². The Morgan fingerprint density at radius 3 is 2.40 bits per heavy atom. The third-order valence-electron chi connectivity index (χ3n) is 5.33. The molecule has 0 unspecified atom stereocenters. The molecule has 0 bridgehead atoms. The number of aryl methyl sites for hydroxylation is 1. The van der Waals surface area contributed by atoms with Gasteiger partial charge in [0, 0.05) is 36.8 Å². The molecule has 0 N–H and O–H groups in total. The molecule has 0 radical (unpaired) electrons. The van der Waals surface area contributed by atoms with E-state index in [0.717, 1.165) is 30.8 Å². The Hall–Kier alpha value is -2.35. The Balaban J connectivity index is 1.80. The Morgan fingerprint density at radius 1 is 1.07 bits per heavy atom. The minimum absolute atomic E-state index is 0.0497. The molecule has 158 valence electrons. The molecule has 1 aromatic heterocycles. The van der Waals surface area contributed by atoms with Crippen molar-refractivity contribution in [3.63, 3.8) is 0 Å². The molecule has 2 aromatic carbocycles. The van der Waals surface area contributed by atoms with Gasteiger partial charge in [0.1, 0.15) is 0 Å². The molecular formula is C22H24ClN3O3S. The lowest BCUT2D eigenvalue weighted by molar-refractivity contribution is 0.266. The highest BCUT2D eigenvalue weighted by Gasteiger charge is 2.32. The third-order valence-corrected chi connectivity index (χ3v) is 7.25. The normalized spacial score (nSPS) is 15.5. The first-order valence-electron chi connectivity index (χ1n) is 9.94. The number of aromatic nitrogens is 1. The summed E-state index contributed by atoms with van der Waals surface area (Å²) in [5, 5.41) is 0.428. The van der Waals surface area contributed by atoms with Crippen molar-refractivity contribution in [1.82, 2.24) is 9.88 Å². The first kappa shape index (κ1) is 20.9. The molecule has 1 fully saturated rings. The third kappa shape index (κ3) is 4.10. The van der Waals surface area contributed by atoms with Crippen LogP contribution in [0.25, 0.3) is 11.5 Å². The van der Waals surface area contributed by atoms with Gasteiger partial charge >= 0.3 is 0 Å². The van der Waals surface area contributed by atoms with Crippen molar-refractivity contribution in [3.8, 4) is 11.5 Å². The van der Waals surface area contributed by atoms with Crippen molar-refractivity contribution < 1.29 is 12.8 Å². The largest absolute Gasteiger partial charge is 0.419 e. The summed E-state index contributed by atoms with van der Waals surface area (Å²) >= 11 is 5.95. The molecule has 3 aromatic rings. The maximum absolute atomic E-state index is 13.4. The van der Waals surface area contributed by atoms with Crippen LogP contribution < -0.4 is 4.90 Å². The molecule has 0 atom stereocenters. The zero-order chi connectivity index (χ0) is 21.3. The number of sulfone groups is 1. The van der Waals surface area contributed by atoms with Crippen LogP contribution in [0.15, 0.2) is 62.9 Å². The highest BCUT2D eigenvalue weighted by Crippen LogP contribution is 2.35. The second-order valence-electron chi connectivity index (χ2n) is 7.38. The molecule has 30 heavy (non-hydrogen) atoms. The summed E-state index contributed by atoms with van der Waals surface area (Å²) < 4.78 is 33.0. The first-order valence-corrected chi connectivity index (χ1v) is 11.8. The number of rotatable bonds is 5. The van der Waals surface area contributed by atoms with Crippen LogP contribution in [0.2, 0.25) is 5.02 Å². The van der Waals surface area contributed by atoms with Crippen LogP contribution in [-0.2, 0) is 9.84 Å². The molecule has 1 aliphatic heterocycles. The fraction of sp³-hybridized carbons (Fsp3) is 0.318. The summed E-state index contributed by atoms with van der Waals surface area (Å²) in [5.41, 5.74) is 1.80. The molecule has 1 saturated heterocycles. The van der Waals surface area contributed by atoms with E-state index in [2.05, 4.69) is 16.8 Å². The van der Waals surface area contributed by atoms with Gasteiger partial charge in [0.2, 0.25) is 26.6 Å². The van der Waals surface area contributed by atoms with E-state index in [1.165, 1.54) is 12.1 Å². The second kappa shape index (κ2) is 8.41. The molecule has 6 nitrogen and oxygen atoms in total. The molecule has 1 aliphatic rings. The van der Waals surface area contributed by atoms with Crippen LogP contribution in [-0.4, -0.2) is 51.0 Å². The minimum Gasteiger partial charge on any atom is -0.419 e. The van der Waals surface area contributed by atoms with Crippen molar-refractivity contribution in [3.05, 3.63) is 59.1 Å². The van der Waals surface area contributed by atoms with Crippen LogP contribution in [0.5, 0.6) is 0 Å². The highest BCUT2D eigenvalue weighted by molar-refractivity contribution is 7.91. The second-order valence-corrected chi connectivity index (χ2v) is 9.68. The fourth-order valence-corrected chi connectivity index (χ4v) is 5.01. The van der Waals surface area contributed by atoms with Gasteiger partial charge in [-0.05, 0) is 49.9 Å². The van der Waals surface area contributed by atoms with E-state index in [0.29, 0.717) is 29.9 Å². The molecule has 8 heteroatoms. The van der Waals surface area contributed by atoms with E-state index in [4.69, 9.17) is 16.0 Å². The van der Waals surface area contributed by atoms with E-state index in [-0.39, 0.29) is 9.92 Å². The maximum atomic E-state index is 13.4. The summed E-state index contributed by atoms with van der Waals surface area (Å²) in [6.45, 7) is 8.11. The summed E-state index contributed by atoms with van der Waals surface area (Å²) in [7, 11) is -3.87. The van der Waals surface area contributed by atoms with Crippen molar-refractivity contribution in [1.29, 1.82) is 0 Å². The van der Waals surface area contributed by atoms with Gasteiger partial charge in [0.15, 0.2) is 0 Å². The maximum Gasteiger partial charge on any atom is 0.236 e. The minimum atomic E-state index is -3.87. The van der Waals surface area contributed by atoms with Gasteiger partial charge in [-0.2, -0.15) is 4.98 Å². The molecular weight excluding hydrogens is 422 g/mol. The van der Waals surface area contributed by atoms with Crippen LogP contribution in [0.3, 0.4) is 0 Å². The number of anilines is 1. The van der Waals surface area contributed by atoms with E-state index in [1.807, 2.05) is 36.1 Å². The Kier molecular flexibility index (Phi) is 5.86. The molecule has 0 spiro atoms. The lowest BCUT2D eigenvalue weighted by Gasteiger charge is -2.33. The number of hydrogen-bond donors (Lipinski definition) is 0. The van der Waals surface area contributed by atoms with Crippen LogP contribution in [0.1, 0.15) is 12.5 Å². The quantitative estimate of drug-likeness (QED) is 0.584. The SMILES string of the molecule is CCN1CCN(c2oc(-c3cccc(C)c3)nc2S(=O)(=O)c2ccc(Cl)cc2)CC1. The van der Waals surface area contributed by atoms with Gasteiger partial charge in [0.25, 0.3) is 0 Å². The van der Waals surface area contributed by atoms with Crippen LogP contribution >= 0.6 is 11.6 Å². The van der Waals surface area contributed by atoms with Crippen LogP contribution in [0.4, 0.5) is 5.88 Å². The van der Waals surface area contributed by atoms with Gasteiger partial charge in [-0.3, -0.25) is 0 Å². The number of oxazole rings is 1. The van der Waals surface area contributed by atoms with E-state index in [1.54, 1.807) is 12.1 Å². The summed E-state index contributed by atoms with van der Waals surface area (Å²) in [5.74, 6) is 0.608. The van der Waals surface area contributed by atoms with E-state index >= 15 is 0 Å². The van der Waals surface area contributed by atoms with Crippen molar-refractivity contribution in [2.75, 3.05) is 37.6 Å². The number of benzene rings is 2. The van der Waals surface area contributed by atoms with Gasteiger partial charge in [-0.1, -0.05) is 36.2 Å². The van der Waals surface area contributed by atoms with E-state index in [9.17, 15) is 8.42 Å². The standard InChI is InChI=1S/C22H24ClN3O3S/c1-3-25-11-13-26(14-12-25)22-21(30(27,28)19-9-7-18(23)8-10-19)24-20(29-22)17-6-4-5-16(2)15-17/h4-10,15H,3,11-14H2,1-2H3. The fourth-order valence-electron chi connectivity index (χ4n) is 3.57. The Morgan fingerprint density at radius 2 is 1.77 bits per heavy atom. The Labute approximate surface area is 182 Å². The number of hydrogen-bond acceptors (Lipinski definition) is 6. The lowest BCUT2D eigenvalue weighted by Crippen LogP contribution is -2.46. The predicted octanol–water partition coefficient (Wildman–Crippen LogP) is 4.28. The molecule has 2 heterocycles. The summed E-state index contributed by atoms with van der Waals surface area (Å²) in [4.78, 5) is 8.90. The van der Waals surface area contributed by atoms with Gasteiger partial charge in [-0.25, -0.2) is 8.42 Å². The molecule has 0 amide bonds. The average molecular weight is 446 g/mol. The molecule has 0 saturated carbocycles. The summed E-state index contributed by atoms with van der Waals surface area (Å²) in [6, 6.07) is 13.8. The average Bonchev–Trinajstić information content (AvgIpc) is 3.21. The smallest absolute Gasteiger partial charge is 0.236 e. The van der Waals surface area contributed by atoms with Gasteiger partial charge in [0.05, 0.1) is 4.90 Å².